The Morgan fingerprint density at radius 3 is 2.74 bits per heavy atom. The quantitative estimate of drug-likeness (QED) is 0.403. The second-order valence-corrected chi connectivity index (χ2v) is 10.7. The van der Waals surface area contributed by atoms with E-state index in [-0.39, 0.29) is 11.5 Å². The van der Waals surface area contributed by atoms with Gasteiger partial charge in [0, 0.05) is 54.4 Å². The number of hydrogen-bond donors (Lipinski definition) is 2. The summed E-state index contributed by atoms with van der Waals surface area (Å²) in [4.78, 5) is 17.5. The number of rotatable bonds is 3. The maximum Gasteiger partial charge on any atom is 0.211 e. The summed E-state index contributed by atoms with van der Waals surface area (Å²) in [6, 6.07) is 8.12. The van der Waals surface area contributed by atoms with E-state index in [0.29, 0.717) is 10.8 Å². The van der Waals surface area contributed by atoms with Crippen LogP contribution in [0.15, 0.2) is 58.8 Å². The van der Waals surface area contributed by atoms with Crippen LogP contribution in [-0.2, 0) is 6.42 Å². The molecular weight excluding hydrogens is 478 g/mol. The molecule has 176 valence electrons. The molecule has 1 saturated heterocycles. The first-order valence-corrected chi connectivity index (χ1v) is 12.7. The highest BCUT2D eigenvalue weighted by molar-refractivity contribution is 7.99. The van der Waals surface area contributed by atoms with Gasteiger partial charge in [0.1, 0.15) is 5.82 Å². The fourth-order valence-corrected chi connectivity index (χ4v) is 6.57. The van der Waals surface area contributed by atoms with Crippen molar-refractivity contribution in [3.8, 4) is 12.3 Å². The first-order chi connectivity index (χ1) is 17.0. The molecule has 0 radical (unpaired) electrons. The average Bonchev–Trinajstić information content (AvgIpc) is 3.46. The van der Waals surface area contributed by atoms with Gasteiger partial charge in [-0.2, -0.15) is 0 Å². The zero-order chi connectivity index (χ0) is 24.2. The monoisotopic (exact) mass is 501 g/mol. The molecule has 1 spiro atoms. The van der Waals surface area contributed by atoms with E-state index in [4.69, 9.17) is 34.5 Å². The lowest BCUT2D eigenvalue weighted by atomic mass is 9.73. The first kappa shape index (κ1) is 22.2. The Balaban J connectivity index is 1.24. The normalized spacial score (nSPS) is 18.7. The van der Waals surface area contributed by atoms with Gasteiger partial charge in [-0.3, -0.25) is 4.40 Å². The molecule has 6 rings (SSSR count). The fraction of sp³-hybridized carbons (Fsp3) is 0.269. The summed E-state index contributed by atoms with van der Waals surface area (Å²) in [6.07, 6.45) is 15.8. The number of nitrogens with two attached hydrogens (primary N) is 2. The van der Waals surface area contributed by atoms with Gasteiger partial charge in [0.25, 0.3) is 0 Å². The molecule has 4 N–H and O–H groups in total. The first-order valence-electron chi connectivity index (χ1n) is 11.5. The van der Waals surface area contributed by atoms with Crippen LogP contribution in [0.4, 0.5) is 11.8 Å². The third kappa shape index (κ3) is 3.62. The molecule has 4 aromatic rings. The molecular formula is C26H24ClN7S. The van der Waals surface area contributed by atoms with E-state index in [2.05, 4.69) is 32.9 Å². The maximum absolute atomic E-state index is 6.79. The van der Waals surface area contributed by atoms with Crippen LogP contribution in [0.5, 0.6) is 0 Å². The van der Waals surface area contributed by atoms with Crippen LogP contribution in [0.25, 0.3) is 5.65 Å². The van der Waals surface area contributed by atoms with Crippen molar-refractivity contribution in [2.45, 2.75) is 35.1 Å². The second-order valence-electron chi connectivity index (χ2n) is 9.22. The number of hydrogen-bond acceptors (Lipinski definition) is 7. The van der Waals surface area contributed by atoms with Crippen LogP contribution in [0.2, 0.25) is 5.02 Å². The molecule has 1 aliphatic heterocycles. The second kappa shape index (κ2) is 8.45. The molecule has 1 atom stereocenters. The number of nitrogen functional groups attached to an aromatic ring is 1. The summed E-state index contributed by atoms with van der Waals surface area (Å²) in [6.45, 7) is 1.76. The lowest BCUT2D eigenvalue weighted by molar-refractivity contribution is 0.186. The summed E-state index contributed by atoms with van der Waals surface area (Å²) in [5, 5.41) is 0.441. The molecule has 0 saturated carbocycles. The van der Waals surface area contributed by atoms with E-state index >= 15 is 0 Å². The SMILES string of the molecule is C#Cc1ccc2c(c1)CC1(CCN(c3ncc(Sc4ccnc(N)c4Cl)c4nccn34)CC1)[C@@H]2N. The number of fused-ring (bicyclic) bond motifs is 2. The lowest BCUT2D eigenvalue weighted by Crippen LogP contribution is -2.45. The fourth-order valence-electron chi connectivity index (χ4n) is 5.44. The zero-order valence-corrected chi connectivity index (χ0v) is 20.6. The van der Waals surface area contributed by atoms with E-state index in [1.54, 1.807) is 12.4 Å². The van der Waals surface area contributed by atoms with E-state index < -0.39 is 0 Å². The number of pyridine rings is 1. The minimum absolute atomic E-state index is 0.0315. The van der Waals surface area contributed by atoms with Crippen molar-refractivity contribution in [1.82, 2.24) is 19.4 Å². The highest BCUT2D eigenvalue weighted by Gasteiger charge is 2.46. The minimum atomic E-state index is 0.0315. The average molecular weight is 502 g/mol. The van der Waals surface area contributed by atoms with Gasteiger partial charge in [-0.25, -0.2) is 15.0 Å². The molecule has 0 unspecified atom stereocenters. The number of anilines is 2. The van der Waals surface area contributed by atoms with E-state index in [9.17, 15) is 0 Å². The van der Waals surface area contributed by atoms with Crippen molar-refractivity contribution in [3.63, 3.8) is 0 Å². The van der Waals surface area contributed by atoms with Gasteiger partial charge in [-0.1, -0.05) is 35.3 Å². The van der Waals surface area contributed by atoms with Crippen molar-refractivity contribution < 1.29 is 0 Å². The summed E-state index contributed by atoms with van der Waals surface area (Å²) in [5.74, 6) is 3.94. The molecule has 35 heavy (non-hydrogen) atoms. The third-order valence-corrected chi connectivity index (χ3v) is 8.94. The minimum Gasteiger partial charge on any atom is -0.382 e. The van der Waals surface area contributed by atoms with Crippen LogP contribution >= 0.6 is 23.4 Å². The molecule has 9 heteroatoms. The van der Waals surface area contributed by atoms with Gasteiger partial charge < -0.3 is 16.4 Å². The Bertz CT molecular complexity index is 1480. The Kier molecular flexibility index (Phi) is 5.37. The largest absolute Gasteiger partial charge is 0.382 e. The molecule has 4 heterocycles. The van der Waals surface area contributed by atoms with Crippen molar-refractivity contribution in [2.24, 2.45) is 11.1 Å². The molecule has 2 aliphatic rings. The number of benzene rings is 1. The maximum atomic E-state index is 6.79. The molecule has 1 fully saturated rings. The van der Waals surface area contributed by atoms with Crippen molar-refractivity contribution in [2.75, 3.05) is 23.7 Å². The molecule has 1 aromatic carbocycles. The highest BCUT2D eigenvalue weighted by atomic mass is 35.5. The number of aromatic nitrogens is 4. The predicted octanol–water partition coefficient (Wildman–Crippen LogP) is 4.34. The highest BCUT2D eigenvalue weighted by Crippen LogP contribution is 2.51. The van der Waals surface area contributed by atoms with Gasteiger partial charge in [0.15, 0.2) is 5.65 Å². The lowest BCUT2D eigenvalue weighted by Gasteiger charge is -2.42. The topological polar surface area (TPSA) is 98.4 Å². The van der Waals surface area contributed by atoms with E-state index in [1.165, 1.54) is 22.9 Å². The van der Waals surface area contributed by atoms with Gasteiger partial charge in [-0.15, -0.1) is 6.42 Å². The summed E-state index contributed by atoms with van der Waals surface area (Å²) in [7, 11) is 0. The van der Waals surface area contributed by atoms with E-state index in [0.717, 1.165) is 59.3 Å². The summed E-state index contributed by atoms with van der Waals surface area (Å²) >= 11 is 7.84. The number of nitrogens with zero attached hydrogens (tertiary/aromatic N) is 5. The van der Waals surface area contributed by atoms with Gasteiger partial charge in [0.05, 0.1) is 9.92 Å². The molecule has 0 amide bonds. The zero-order valence-electron chi connectivity index (χ0n) is 19.0. The number of halogens is 1. The summed E-state index contributed by atoms with van der Waals surface area (Å²) in [5.41, 5.74) is 17.0. The Hall–Kier alpha value is -3.25. The van der Waals surface area contributed by atoms with Crippen molar-refractivity contribution in [1.29, 1.82) is 0 Å². The van der Waals surface area contributed by atoms with Crippen LogP contribution < -0.4 is 16.4 Å². The smallest absolute Gasteiger partial charge is 0.211 e. The molecule has 0 bridgehead atoms. The summed E-state index contributed by atoms with van der Waals surface area (Å²) < 4.78 is 2.04. The number of piperidine rings is 1. The van der Waals surface area contributed by atoms with Gasteiger partial charge in [0.2, 0.25) is 5.95 Å². The molecule has 1 aliphatic carbocycles. The van der Waals surface area contributed by atoms with Gasteiger partial charge >= 0.3 is 0 Å². The standard InChI is InChI=1S/C26H24ClN7S/c1-2-16-3-4-18-17(13-16)14-26(22(18)28)6-10-33(11-7-26)25-32-15-20(24-31-9-12-34(24)25)35-19-5-8-30-23(29)21(19)27/h1,3-5,8-9,12-13,15,22H,6-7,10-11,14,28H2,(H2,29,30)/t22-/m1/s1. The number of terminal acetylenes is 1. The van der Waals surface area contributed by atoms with Gasteiger partial charge in [-0.05, 0) is 54.0 Å². The molecule has 3 aromatic heterocycles. The Morgan fingerprint density at radius 2 is 1.94 bits per heavy atom. The third-order valence-electron chi connectivity index (χ3n) is 7.36. The van der Waals surface area contributed by atoms with Crippen LogP contribution in [0.3, 0.4) is 0 Å². The van der Waals surface area contributed by atoms with Crippen molar-refractivity contribution in [3.05, 3.63) is 70.8 Å². The predicted molar refractivity (Wildman–Crippen MR) is 140 cm³/mol. The van der Waals surface area contributed by atoms with Crippen LogP contribution in [-0.4, -0.2) is 32.4 Å². The van der Waals surface area contributed by atoms with E-state index in [1.807, 2.05) is 28.9 Å². The Labute approximate surface area is 212 Å². The number of imidazole rings is 1. The van der Waals surface area contributed by atoms with Crippen LogP contribution in [0.1, 0.15) is 35.6 Å². The van der Waals surface area contributed by atoms with Crippen molar-refractivity contribution >= 4 is 40.8 Å². The Morgan fingerprint density at radius 1 is 1.11 bits per heavy atom. The molecule has 7 nitrogen and oxygen atoms in total. The van der Waals surface area contributed by atoms with Crippen LogP contribution in [0, 0.1) is 17.8 Å².